The number of nitrogens with zero attached hydrogens (tertiary/aromatic N) is 3. The zero-order valence-corrected chi connectivity index (χ0v) is 19.4. The number of anilines is 2. The summed E-state index contributed by atoms with van der Waals surface area (Å²) in [5, 5.41) is 5.56. The van der Waals surface area contributed by atoms with Crippen molar-refractivity contribution in [1.29, 1.82) is 0 Å². The molecule has 9 nitrogen and oxygen atoms in total. The predicted molar refractivity (Wildman–Crippen MR) is 132 cm³/mol. The topological polar surface area (TPSA) is 115 Å². The molecule has 0 radical (unpaired) electrons. The van der Waals surface area contributed by atoms with E-state index in [2.05, 4.69) is 32.2 Å². The summed E-state index contributed by atoms with van der Waals surface area (Å²) >= 11 is 0. The number of nitrogens with one attached hydrogen (secondary N) is 2. The number of benzene rings is 2. The fourth-order valence-corrected chi connectivity index (χ4v) is 2.93. The van der Waals surface area contributed by atoms with E-state index < -0.39 is 0 Å². The van der Waals surface area contributed by atoms with Gasteiger partial charge in [0.15, 0.2) is 0 Å². The minimum Gasteiger partial charge on any atom is -0.497 e. The van der Waals surface area contributed by atoms with Gasteiger partial charge in [0.25, 0.3) is 11.8 Å². The molecule has 9 heteroatoms. The van der Waals surface area contributed by atoms with Crippen LogP contribution in [0, 0.1) is 6.92 Å². The third-order valence-corrected chi connectivity index (χ3v) is 4.82. The lowest BCUT2D eigenvalue weighted by Crippen LogP contribution is -2.16. The van der Waals surface area contributed by atoms with E-state index in [0.717, 1.165) is 5.56 Å². The second kappa shape index (κ2) is 10.9. The molecule has 3 rings (SSSR count). The molecular weight excluding hydrogens is 434 g/mol. The molecule has 0 atom stereocenters. The van der Waals surface area contributed by atoms with Crippen LogP contribution in [0.4, 0.5) is 17.3 Å². The van der Waals surface area contributed by atoms with Crippen molar-refractivity contribution in [2.75, 3.05) is 24.9 Å². The first-order chi connectivity index (χ1) is 16.3. The molecule has 1 heterocycles. The number of ether oxygens (including phenoxy) is 2. The van der Waals surface area contributed by atoms with Gasteiger partial charge in [0.05, 0.1) is 32.3 Å². The maximum absolute atomic E-state index is 12.9. The lowest BCUT2D eigenvalue weighted by molar-refractivity contribution is 0.101. The number of aryl methyl sites for hydroxylation is 1. The van der Waals surface area contributed by atoms with Crippen LogP contribution in [0.15, 0.2) is 66.4 Å². The van der Waals surface area contributed by atoms with Crippen LogP contribution in [0.1, 0.15) is 33.2 Å². The molecule has 0 aliphatic rings. The van der Waals surface area contributed by atoms with Crippen LogP contribution in [-0.4, -0.2) is 41.7 Å². The SMILES string of the molecule is C=CC(C)=Nc1ncc(NC(=O)c2cc(NC(=O)c3cc(OC)cc(OC)c3)ccc2C)cn1. The first-order valence-corrected chi connectivity index (χ1v) is 10.3. The van der Waals surface area contributed by atoms with Crippen LogP contribution in [0.25, 0.3) is 0 Å². The van der Waals surface area contributed by atoms with E-state index in [0.29, 0.717) is 39.7 Å². The average molecular weight is 460 g/mol. The maximum atomic E-state index is 12.9. The highest BCUT2D eigenvalue weighted by Gasteiger charge is 2.14. The third kappa shape index (κ3) is 6.04. The Morgan fingerprint density at radius 1 is 0.941 bits per heavy atom. The van der Waals surface area contributed by atoms with E-state index in [-0.39, 0.29) is 17.8 Å². The second-order valence-corrected chi connectivity index (χ2v) is 7.27. The molecule has 0 aliphatic heterocycles. The van der Waals surface area contributed by atoms with E-state index in [1.807, 2.05) is 0 Å². The van der Waals surface area contributed by atoms with Crippen LogP contribution in [0.5, 0.6) is 11.5 Å². The quantitative estimate of drug-likeness (QED) is 0.476. The molecule has 34 heavy (non-hydrogen) atoms. The van der Waals surface area contributed by atoms with Crippen LogP contribution in [-0.2, 0) is 0 Å². The molecule has 174 valence electrons. The molecule has 0 saturated heterocycles. The van der Waals surface area contributed by atoms with Gasteiger partial charge in [0.2, 0.25) is 5.95 Å². The lowest BCUT2D eigenvalue weighted by atomic mass is 10.1. The first-order valence-electron chi connectivity index (χ1n) is 10.3. The molecule has 2 N–H and O–H groups in total. The lowest BCUT2D eigenvalue weighted by Gasteiger charge is -2.12. The largest absolute Gasteiger partial charge is 0.497 e. The van der Waals surface area contributed by atoms with Crippen molar-refractivity contribution < 1.29 is 19.1 Å². The third-order valence-electron chi connectivity index (χ3n) is 4.82. The predicted octanol–water partition coefficient (Wildman–Crippen LogP) is 4.59. The minimum absolute atomic E-state index is 0.269. The standard InChI is InChI=1S/C25H25N5O4/c1-6-16(3)28-25-26-13-19(14-27-25)30-24(32)22-11-18(8-7-15(22)2)29-23(31)17-9-20(33-4)12-21(10-17)34-5/h6-14H,1H2,2-5H3,(H,29,31)(H,30,32). The molecule has 0 unspecified atom stereocenters. The highest BCUT2D eigenvalue weighted by molar-refractivity contribution is 6.08. The number of amides is 2. The maximum Gasteiger partial charge on any atom is 0.256 e. The highest BCUT2D eigenvalue weighted by Crippen LogP contribution is 2.24. The number of aromatic nitrogens is 2. The Morgan fingerprint density at radius 3 is 2.15 bits per heavy atom. The van der Waals surface area contributed by atoms with Crippen molar-refractivity contribution in [3.63, 3.8) is 0 Å². The summed E-state index contributed by atoms with van der Waals surface area (Å²) in [6.07, 6.45) is 4.53. The molecule has 0 saturated carbocycles. The Labute approximate surface area is 197 Å². The molecule has 0 fully saturated rings. The fourth-order valence-electron chi connectivity index (χ4n) is 2.93. The van der Waals surface area contributed by atoms with Gasteiger partial charge in [0, 0.05) is 28.6 Å². The Bertz CT molecular complexity index is 1230. The van der Waals surface area contributed by atoms with Crippen molar-refractivity contribution in [2.45, 2.75) is 13.8 Å². The van der Waals surface area contributed by atoms with E-state index in [1.54, 1.807) is 56.3 Å². The zero-order chi connectivity index (χ0) is 24.7. The second-order valence-electron chi connectivity index (χ2n) is 7.27. The van der Waals surface area contributed by atoms with Gasteiger partial charge in [-0.05, 0) is 49.8 Å². The fraction of sp³-hybridized carbons (Fsp3) is 0.160. The van der Waals surface area contributed by atoms with Gasteiger partial charge in [-0.15, -0.1) is 0 Å². The molecule has 2 aromatic carbocycles. The summed E-state index contributed by atoms with van der Waals surface area (Å²) in [5.41, 5.74) is 3.04. The van der Waals surface area contributed by atoms with E-state index in [9.17, 15) is 9.59 Å². The van der Waals surface area contributed by atoms with E-state index in [1.165, 1.54) is 26.6 Å². The van der Waals surface area contributed by atoms with Crippen molar-refractivity contribution in [3.05, 3.63) is 78.1 Å². The van der Waals surface area contributed by atoms with Crippen LogP contribution >= 0.6 is 0 Å². The summed E-state index contributed by atoms with van der Waals surface area (Å²) in [7, 11) is 3.02. The summed E-state index contributed by atoms with van der Waals surface area (Å²) < 4.78 is 10.4. The van der Waals surface area contributed by atoms with Gasteiger partial charge < -0.3 is 20.1 Å². The van der Waals surface area contributed by atoms with Gasteiger partial charge in [-0.3, -0.25) is 9.59 Å². The van der Waals surface area contributed by atoms with Crippen LogP contribution in [0.3, 0.4) is 0 Å². The van der Waals surface area contributed by atoms with Gasteiger partial charge >= 0.3 is 0 Å². The summed E-state index contributed by atoms with van der Waals surface area (Å²) in [5.74, 6) is 0.523. The number of aliphatic imine (C=N–C) groups is 1. The van der Waals surface area contributed by atoms with Crippen molar-refractivity contribution in [1.82, 2.24) is 9.97 Å². The van der Waals surface area contributed by atoms with Gasteiger partial charge in [0.1, 0.15) is 11.5 Å². The number of methoxy groups -OCH3 is 2. The van der Waals surface area contributed by atoms with Crippen molar-refractivity contribution in [2.24, 2.45) is 4.99 Å². The number of allylic oxidation sites excluding steroid dienone is 1. The minimum atomic E-state index is -0.369. The molecule has 0 spiro atoms. The normalized spacial score (nSPS) is 10.9. The summed E-state index contributed by atoms with van der Waals surface area (Å²) in [6.45, 7) is 7.22. The molecule has 0 bridgehead atoms. The van der Waals surface area contributed by atoms with Crippen LogP contribution in [0.2, 0.25) is 0 Å². The average Bonchev–Trinajstić information content (AvgIpc) is 2.85. The molecular formula is C25H25N5O4. The molecule has 3 aromatic rings. The van der Waals surface area contributed by atoms with Crippen LogP contribution < -0.4 is 20.1 Å². The molecule has 0 aliphatic carbocycles. The number of hydrogen-bond donors (Lipinski definition) is 2. The Morgan fingerprint density at radius 2 is 1.56 bits per heavy atom. The monoisotopic (exact) mass is 459 g/mol. The number of hydrogen-bond acceptors (Lipinski definition) is 7. The van der Waals surface area contributed by atoms with Crippen molar-refractivity contribution >= 4 is 34.8 Å². The molecule has 1 aromatic heterocycles. The Kier molecular flexibility index (Phi) is 7.71. The van der Waals surface area contributed by atoms with Gasteiger partial charge in [-0.2, -0.15) is 0 Å². The summed E-state index contributed by atoms with van der Waals surface area (Å²) in [6, 6.07) is 9.96. The first kappa shape index (κ1) is 24.1. The van der Waals surface area contributed by atoms with Gasteiger partial charge in [-0.1, -0.05) is 12.6 Å². The van der Waals surface area contributed by atoms with Crippen molar-refractivity contribution in [3.8, 4) is 11.5 Å². The number of carbonyl (C=O) groups is 2. The Balaban J connectivity index is 1.76. The summed E-state index contributed by atoms with van der Waals surface area (Å²) in [4.78, 5) is 38.0. The van der Waals surface area contributed by atoms with Gasteiger partial charge in [-0.25, -0.2) is 15.0 Å². The highest BCUT2D eigenvalue weighted by atomic mass is 16.5. The van der Waals surface area contributed by atoms with E-state index >= 15 is 0 Å². The molecule has 2 amide bonds. The zero-order valence-electron chi connectivity index (χ0n) is 19.4. The number of rotatable bonds is 8. The number of carbonyl (C=O) groups excluding carboxylic acids is 2. The smallest absolute Gasteiger partial charge is 0.256 e. The van der Waals surface area contributed by atoms with E-state index in [4.69, 9.17) is 9.47 Å². The Hall–Kier alpha value is -4.53.